The van der Waals surface area contributed by atoms with Crippen LogP contribution in [0.25, 0.3) is 0 Å². The molecule has 0 aliphatic carbocycles. The van der Waals surface area contributed by atoms with Crippen LogP contribution in [0.3, 0.4) is 0 Å². The Morgan fingerprint density at radius 2 is 1.48 bits per heavy atom. The van der Waals surface area contributed by atoms with Gasteiger partial charge in [0.25, 0.3) is 0 Å². The molecular weight excluding hydrogens is 266 g/mol. The number of fused-ring (bicyclic) bond motifs is 1. The molecule has 0 saturated heterocycles. The predicted molar refractivity (Wildman–Crippen MR) is 81.5 cm³/mol. The third kappa shape index (κ3) is 2.36. The monoisotopic (exact) mass is 291 g/mol. The molecule has 1 aromatic rings. The summed E-state index contributed by atoms with van der Waals surface area (Å²) in [6, 6.07) is 8.30. The van der Waals surface area contributed by atoms with E-state index in [1.807, 2.05) is 17.2 Å². The van der Waals surface area contributed by atoms with Gasteiger partial charge in [-0.3, -0.25) is 4.84 Å². The van der Waals surface area contributed by atoms with Gasteiger partial charge in [-0.05, 0) is 52.7 Å². The van der Waals surface area contributed by atoms with Crippen molar-refractivity contribution in [1.29, 1.82) is 0 Å². The Bertz CT molecular complexity index is 526. The lowest BCUT2D eigenvalue weighted by Crippen LogP contribution is -2.52. The van der Waals surface area contributed by atoms with Crippen molar-refractivity contribution in [1.82, 2.24) is 5.06 Å². The summed E-state index contributed by atoms with van der Waals surface area (Å²) in [4.78, 5) is 18.1. The molecule has 116 valence electrons. The van der Waals surface area contributed by atoms with E-state index in [1.54, 1.807) is 13.8 Å². The Labute approximate surface area is 127 Å². The van der Waals surface area contributed by atoms with Gasteiger partial charge in [-0.25, -0.2) is 4.79 Å². The fraction of sp³-hybridized carbons (Fsp3) is 0.588. The SMILES string of the molecule is COC(=O)C(C)(C)ON1C(C)(C)c2ccccc2C1(C)C. The van der Waals surface area contributed by atoms with Gasteiger partial charge in [0.05, 0.1) is 18.2 Å². The second-order valence-electron chi connectivity index (χ2n) is 7.05. The molecule has 0 atom stereocenters. The van der Waals surface area contributed by atoms with Gasteiger partial charge >= 0.3 is 5.97 Å². The Kier molecular flexibility index (Phi) is 3.67. The van der Waals surface area contributed by atoms with Crippen molar-refractivity contribution in [3.63, 3.8) is 0 Å². The number of esters is 1. The van der Waals surface area contributed by atoms with Gasteiger partial charge < -0.3 is 4.74 Å². The van der Waals surface area contributed by atoms with Crippen LogP contribution in [0.15, 0.2) is 24.3 Å². The van der Waals surface area contributed by atoms with Gasteiger partial charge in [-0.1, -0.05) is 24.3 Å². The van der Waals surface area contributed by atoms with Crippen LogP contribution in [0.2, 0.25) is 0 Å². The topological polar surface area (TPSA) is 38.8 Å². The third-order valence-electron chi connectivity index (χ3n) is 4.26. The number of ether oxygens (including phenoxy) is 1. The molecule has 0 radical (unpaired) electrons. The standard InChI is InChI=1S/C17H25NO3/c1-15(2)12-10-8-9-11-13(12)16(3,4)18(15)21-17(5,6)14(19)20-7/h8-11H,1-7H3. The largest absolute Gasteiger partial charge is 0.467 e. The highest BCUT2D eigenvalue weighted by Gasteiger charge is 2.52. The lowest BCUT2D eigenvalue weighted by Gasteiger charge is -2.43. The lowest BCUT2D eigenvalue weighted by molar-refractivity contribution is -0.310. The van der Waals surface area contributed by atoms with Gasteiger partial charge in [-0.15, -0.1) is 0 Å². The molecule has 0 fully saturated rings. The Morgan fingerprint density at radius 3 is 1.86 bits per heavy atom. The molecule has 1 aliphatic heterocycles. The molecule has 0 bridgehead atoms. The second-order valence-corrected chi connectivity index (χ2v) is 7.05. The minimum absolute atomic E-state index is 0.328. The molecule has 0 N–H and O–H groups in total. The molecule has 21 heavy (non-hydrogen) atoms. The second kappa shape index (κ2) is 4.82. The van der Waals surface area contributed by atoms with Crippen LogP contribution < -0.4 is 0 Å². The highest BCUT2D eigenvalue weighted by Crippen LogP contribution is 2.50. The van der Waals surface area contributed by atoms with Crippen LogP contribution in [-0.4, -0.2) is 23.7 Å². The van der Waals surface area contributed by atoms with Crippen molar-refractivity contribution < 1.29 is 14.4 Å². The smallest absolute Gasteiger partial charge is 0.339 e. The quantitative estimate of drug-likeness (QED) is 0.801. The van der Waals surface area contributed by atoms with Crippen LogP contribution in [0.1, 0.15) is 52.7 Å². The predicted octanol–water partition coefficient (Wildman–Crippen LogP) is 3.36. The van der Waals surface area contributed by atoms with Gasteiger partial charge in [0.15, 0.2) is 5.60 Å². The van der Waals surface area contributed by atoms with E-state index in [9.17, 15) is 4.79 Å². The minimum atomic E-state index is -1.04. The summed E-state index contributed by atoms with van der Waals surface area (Å²) in [6.45, 7) is 11.9. The maximum Gasteiger partial charge on any atom is 0.339 e. The molecule has 4 heteroatoms. The maximum absolute atomic E-state index is 11.9. The van der Waals surface area contributed by atoms with E-state index in [4.69, 9.17) is 9.57 Å². The number of nitrogens with zero attached hydrogens (tertiary/aromatic N) is 1. The number of benzene rings is 1. The summed E-state index contributed by atoms with van der Waals surface area (Å²) in [5.74, 6) is -0.384. The van der Waals surface area contributed by atoms with E-state index in [-0.39, 0.29) is 17.0 Å². The first-order valence-corrected chi connectivity index (χ1v) is 7.23. The van der Waals surface area contributed by atoms with E-state index < -0.39 is 5.60 Å². The summed E-state index contributed by atoms with van der Waals surface area (Å²) in [5.41, 5.74) is 0.744. The van der Waals surface area contributed by atoms with Crippen molar-refractivity contribution in [3.05, 3.63) is 35.4 Å². The highest BCUT2D eigenvalue weighted by atomic mass is 16.7. The van der Waals surface area contributed by atoms with E-state index >= 15 is 0 Å². The van der Waals surface area contributed by atoms with Crippen LogP contribution >= 0.6 is 0 Å². The van der Waals surface area contributed by atoms with E-state index in [0.29, 0.717) is 0 Å². The first-order chi connectivity index (χ1) is 9.55. The number of carbonyl (C=O) groups excluding carboxylic acids is 1. The van der Waals surface area contributed by atoms with Crippen molar-refractivity contribution in [2.24, 2.45) is 0 Å². The van der Waals surface area contributed by atoms with Crippen molar-refractivity contribution in [3.8, 4) is 0 Å². The fourth-order valence-electron chi connectivity index (χ4n) is 3.21. The Balaban J connectivity index is 2.44. The molecule has 1 aliphatic rings. The van der Waals surface area contributed by atoms with Crippen LogP contribution in [0.5, 0.6) is 0 Å². The van der Waals surface area contributed by atoms with Crippen molar-refractivity contribution >= 4 is 5.97 Å². The van der Waals surface area contributed by atoms with Crippen molar-refractivity contribution in [2.75, 3.05) is 7.11 Å². The number of hydrogen-bond donors (Lipinski definition) is 0. The molecule has 0 amide bonds. The Morgan fingerprint density at radius 1 is 1.05 bits per heavy atom. The third-order valence-corrected chi connectivity index (χ3v) is 4.26. The van der Waals surface area contributed by atoms with E-state index in [1.165, 1.54) is 18.2 Å². The molecule has 0 aromatic heterocycles. The number of methoxy groups -OCH3 is 1. The summed E-state index contributed by atoms with van der Waals surface area (Å²) < 4.78 is 4.85. The molecule has 0 unspecified atom stereocenters. The molecule has 4 nitrogen and oxygen atoms in total. The molecule has 0 saturated carbocycles. The summed E-state index contributed by atoms with van der Waals surface area (Å²) in [6.07, 6.45) is 0. The fourth-order valence-corrected chi connectivity index (χ4v) is 3.21. The van der Waals surface area contributed by atoms with Crippen LogP contribution in [-0.2, 0) is 25.4 Å². The Hall–Kier alpha value is -1.39. The van der Waals surface area contributed by atoms with E-state index in [2.05, 4.69) is 39.8 Å². The average Bonchev–Trinajstić information content (AvgIpc) is 2.56. The van der Waals surface area contributed by atoms with Crippen LogP contribution in [0, 0.1) is 0 Å². The average molecular weight is 291 g/mol. The zero-order chi connectivity index (χ0) is 16.1. The number of carbonyl (C=O) groups is 1. The van der Waals surface area contributed by atoms with Crippen LogP contribution in [0.4, 0.5) is 0 Å². The maximum atomic E-state index is 11.9. The van der Waals surface area contributed by atoms with Gasteiger partial charge in [0.2, 0.25) is 0 Å². The highest BCUT2D eigenvalue weighted by molar-refractivity contribution is 5.78. The summed E-state index contributed by atoms with van der Waals surface area (Å²) >= 11 is 0. The van der Waals surface area contributed by atoms with Gasteiger partial charge in [0.1, 0.15) is 0 Å². The molecule has 1 aromatic carbocycles. The van der Waals surface area contributed by atoms with Crippen molar-refractivity contribution in [2.45, 2.75) is 58.2 Å². The first-order valence-electron chi connectivity index (χ1n) is 7.23. The zero-order valence-electron chi connectivity index (χ0n) is 14.0. The molecule has 0 spiro atoms. The molecule has 1 heterocycles. The number of rotatable bonds is 3. The zero-order valence-corrected chi connectivity index (χ0v) is 14.0. The summed E-state index contributed by atoms with van der Waals surface area (Å²) in [7, 11) is 1.38. The number of hydrogen-bond acceptors (Lipinski definition) is 4. The van der Waals surface area contributed by atoms with Gasteiger partial charge in [0, 0.05) is 0 Å². The van der Waals surface area contributed by atoms with Gasteiger partial charge in [-0.2, -0.15) is 5.06 Å². The summed E-state index contributed by atoms with van der Waals surface area (Å²) in [5, 5.41) is 1.92. The lowest BCUT2D eigenvalue weighted by atomic mass is 9.91. The molecule has 2 rings (SSSR count). The first kappa shape index (κ1) is 16.0. The minimum Gasteiger partial charge on any atom is -0.467 e. The number of hydroxylamine groups is 2. The molecular formula is C17H25NO3. The normalized spacial score (nSPS) is 20.1. The van der Waals surface area contributed by atoms with E-state index in [0.717, 1.165) is 0 Å².